The molecule has 0 saturated heterocycles. The fourth-order valence-electron chi connectivity index (χ4n) is 2.49. The van der Waals surface area contributed by atoms with E-state index in [4.69, 9.17) is 10.5 Å². The SMILES string of the molecule is COc1cccc(C(=O)/C2=C/CCCCCC2)c1N. The van der Waals surface area contributed by atoms with Crippen LogP contribution in [0.25, 0.3) is 0 Å². The van der Waals surface area contributed by atoms with Gasteiger partial charge in [0.15, 0.2) is 5.78 Å². The summed E-state index contributed by atoms with van der Waals surface area (Å²) in [5.41, 5.74) is 7.90. The van der Waals surface area contributed by atoms with Gasteiger partial charge in [0, 0.05) is 5.56 Å². The van der Waals surface area contributed by atoms with Crippen LogP contribution in [-0.2, 0) is 0 Å². The Hall–Kier alpha value is -1.77. The van der Waals surface area contributed by atoms with Gasteiger partial charge in [-0.05, 0) is 43.4 Å². The van der Waals surface area contributed by atoms with Gasteiger partial charge in [-0.15, -0.1) is 0 Å². The zero-order chi connectivity index (χ0) is 13.7. The van der Waals surface area contributed by atoms with E-state index >= 15 is 0 Å². The highest BCUT2D eigenvalue weighted by molar-refractivity contribution is 6.12. The Kier molecular flexibility index (Phi) is 4.61. The van der Waals surface area contributed by atoms with E-state index in [1.54, 1.807) is 19.2 Å². The second-order valence-electron chi connectivity index (χ2n) is 4.93. The van der Waals surface area contributed by atoms with E-state index in [-0.39, 0.29) is 5.78 Å². The molecule has 0 aromatic heterocycles. The number of carbonyl (C=O) groups excluding carboxylic acids is 1. The second kappa shape index (κ2) is 6.41. The number of methoxy groups -OCH3 is 1. The first-order valence-corrected chi connectivity index (χ1v) is 6.90. The Morgan fingerprint density at radius 3 is 2.79 bits per heavy atom. The van der Waals surface area contributed by atoms with Crippen LogP contribution in [0.15, 0.2) is 29.8 Å². The predicted octanol–water partition coefficient (Wildman–Crippen LogP) is 3.74. The number of anilines is 1. The standard InChI is InChI=1S/C16H21NO2/c1-19-14-11-7-10-13(15(14)17)16(18)12-8-5-3-2-4-6-9-12/h7-8,10-11H,2-6,9,17H2,1H3/b12-8+. The summed E-state index contributed by atoms with van der Waals surface area (Å²) in [7, 11) is 1.56. The van der Waals surface area contributed by atoms with Crippen molar-refractivity contribution in [2.75, 3.05) is 12.8 Å². The third-order valence-electron chi connectivity index (χ3n) is 3.61. The summed E-state index contributed by atoms with van der Waals surface area (Å²) in [5.74, 6) is 0.621. The van der Waals surface area contributed by atoms with E-state index in [0.29, 0.717) is 17.0 Å². The lowest BCUT2D eigenvalue weighted by molar-refractivity contribution is 0.103. The quantitative estimate of drug-likeness (QED) is 0.664. The smallest absolute Gasteiger partial charge is 0.190 e. The highest BCUT2D eigenvalue weighted by Crippen LogP contribution is 2.28. The van der Waals surface area contributed by atoms with Crippen molar-refractivity contribution in [2.24, 2.45) is 0 Å². The van der Waals surface area contributed by atoms with Gasteiger partial charge in [-0.25, -0.2) is 0 Å². The van der Waals surface area contributed by atoms with Crippen LogP contribution in [0.2, 0.25) is 0 Å². The maximum Gasteiger partial charge on any atom is 0.190 e. The van der Waals surface area contributed by atoms with Crippen molar-refractivity contribution in [1.82, 2.24) is 0 Å². The molecule has 0 bridgehead atoms. The Bertz CT molecular complexity index is 492. The van der Waals surface area contributed by atoms with Crippen LogP contribution in [0, 0.1) is 0 Å². The Labute approximate surface area is 114 Å². The first-order valence-electron chi connectivity index (χ1n) is 6.90. The van der Waals surface area contributed by atoms with E-state index in [1.807, 2.05) is 6.07 Å². The molecular formula is C16H21NO2. The normalized spacial score (nSPS) is 18.9. The molecule has 1 aliphatic rings. The highest BCUT2D eigenvalue weighted by Gasteiger charge is 2.17. The summed E-state index contributed by atoms with van der Waals surface area (Å²) < 4.78 is 5.17. The molecule has 102 valence electrons. The van der Waals surface area contributed by atoms with Gasteiger partial charge in [0.2, 0.25) is 0 Å². The molecule has 1 aromatic carbocycles. The van der Waals surface area contributed by atoms with Gasteiger partial charge in [-0.2, -0.15) is 0 Å². The molecule has 0 heterocycles. The number of carbonyl (C=O) groups is 1. The highest BCUT2D eigenvalue weighted by atomic mass is 16.5. The monoisotopic (exact) mass is 259 g/mol. The van der Waals surface area contributed by atoms with Crippen molar-refractivity contribution in [2.45, 2.75) is 38.5 Å². The van der Waals surface area contributed by atoms with Crippen LogP contribution in [0.5, 0.6) is 5.75 Å². The maximum absolute atomic E-state index is 12.5. The van der Waals surface area contributed by atoms with Gasteiger partial charge in [-0.3, -0.25) is 4.79 Å². The number of allylic oxidation sites excluding steroid dienone is 2. The van der Waals surface area contributed by atoms with Crippen LogP contribution in [-0.4, -0.2) is 12.9 Å². The van der Waals surface area contributed by atoms with E-state index in [1.165, 1.54) is 19.3 Å². The zero-order valence-electron chi connectivity index (χ0n) is 11.4. The summed E-state index contributed by atoms with van der Waals surface area (Å²) in [5, 5.41) is 0. The topological polar surface area (TPSA) is 52.3 Å². The number of benzene rings is 1. The summed E-state index contributed by atoms with van der Waals surface area (Å²) >= 11 is 0. The average molecular weight is 259 g/mol. The van der Waals surface area contributed by atoms with Crippen molar-refractivity contribution >= 4 is 11.5 Å². The molecule has 0 unspecified atom stereocenters. The third kappa shape index (κ3) is 3.16. The van der Waals surface area contributed by atoms with Crippen LogP contribution >= 0.6 is 0 Å². The zero-order valence-corrected chi connectivity index (χ0v) is 11.4. The van der Waals surface area contributed by atoms with Crippen molar-refractivity contribution in [3.63, 3.8) is 0 Å². The van der Waals surface area contributed by atoms with Gasteiger partial charge in [0.1, 0.15) is 5.75 Å². The fraction of sp³-hybridized carbons (Fsp3) is 0.438. The third-order valence-corrected chi connectivity index (χ3v) is 3.61. The van der Waals surface area contributed by atoms with E-state index in [2.05, 4.69) is 6.08 Å². The number of nitrogens with two attached hydrogens (primary N) is 1. The van der Waals surface area contributed by atoms with Crippen LogP contribution in [0.3, 0.4) is 0 Å². The van der Waals surface area contributed by atoms with E-state index in [0.717, 1.165) is 24.8 Å². The second-order valence-corrected chi connectivity index (χ2v) is 4.93. The molecule has 0 aliphatic heterocycles. The van der Waals surface area contributed by atoms with Crippen molar-refractivity contribution in [1.29, 1.82) is 0 Å². The Morgan fingerprint density at radius 1 is 1.21 bits per heavy atom. The largest absolute Gasteiger partial charge is 0.495 e. The number of ketones is 1. The molecular weight excluding hydrogens is 238 g/mol. The number of nitrogen functional groups attached to an aromatic ring is 1. The Balaban J connectivity index is 2.27. The minimum Gasteiger partial charge on any atom is -0.495 e. The molecule has 19 heavy (non-hydrogen) atoms. The van der Waals surface area contributed by atoms with Gasteiger partial charge in [-0.1, -0.05) is 25.0 Å². The minimum atomic E-state index is 0.0540. The lowest BCUT2D eigenvalue weighted by Crippen LogP contribution is -2.09. The fourth-order valence-corrected chi connectivity index (χ4v) is 2.49. The maximum atomic E-state index is 12.5. The molecule has 2 rings (SSSR count). The summed E-state index contributed by atoms with van der Waals surface area (Å²) in [6.07, 6.45) is 8.66. The lowest BCUT2D eigenvalue weighted by Gasteiger charge is -2.13. The predicted molar refractivity (Wildman–Crippen MR) is 77.5 cm³/mol. The molecule has 3 heteroatoms. The van der Waals surface area contributed by atoms with Gasteiger partial charge in [0.25, 0.3) is 0 Å². The number of Topliss-reactive ketones (excluding diaryl/α,β-unsaturated/α-hetero) is 1. The number of rotatable bonds is 3. The van der Waals surface area contributed by atoms with Crippen LogP contribution in [0.4, 0.5) is 5.69 Å². The molecule has 0 atom stereocenters. The van der Waals surface area contributed by atoms with Crippen molar-refractivity contribution < 1.29 is 9.53 Å². The van der Waals surface area contributed by atoms with Crippen LogP contribution < -0.4 is 10.5 Å². The summed E-state index contributed by atoms with van der Waals surface area (Å²) in [6, 6.07) is 5.37. The lowest BCUT2D eigenvalue weighted by atomic mass is 9.93. The molecule has 0 radical (unpaired) electrons. The minimum absolute atomic E-state index is 0.0540. The van der Waals surface area contributed by atoms with E-state index < -0.39 is 0 Å². The van der Waals surface area contributed by atoms with Gasteiger partial charge < -0.3 is 10.5 Å². The van der Waals surface area contributed by atoms with E-state index in [9.17, 15) is 4.79 Å². The molecule has 1 aromatic rings. The van der Waals surface area contributed by atoms with Crippen LogP contribution in [0.1, 0.15) is 48.9 Å². The molecule has 2 N–H and O–H groups in total. The number of para-hydroxylation sites is 1. The van der Waals surface area contributed by atoms with Gasteiger partial charge in [0.05, 0.1) is 12.8 Å². The number of ether oxygens (including phenoxy) is 1. The van der Waals surface area contributed by atoms with Crippen molar-refractivity contribution in [3.8, 4) is 5.75 Å². The molecule has 0 amide bonds. The first kappa shape index (κ1) is 13.7. The summed E-state index contributed by atoms with van der Waals surface area (Å²) in [4.78, 5) is 12.5. The van der Waals surface area contributed by atoms with Crippen molar-refractivity contribution in [3.05, 3.63) is 35.4 Å². The Morgan fingerprint density at radius 2 is 2.00 bits per heavy atom. The molecule has 0 saturated carbocycles. The summed E-state index contributed by atoms with van der Waals surface area (Å²) in [6.45, 7) is 0. The molecule has 0 spiro atoms. The first-order chi connectivity index (χ1) is 9.24. The molecule has 1 aliphatic carbocycles. The average Bonchev–Trinajstić information content (AvgIpc) is 2.38. The molecule has 0 fully saturated rings. The van der Waals surface area contributed by atoms with Gasteiger partial charge >= 0.3 is 0 Å². The molecule has 3 nitrogen and oxygen atoms in total. The number of hydrogen-bond donors (Lipinski definition) is 1. The number of hydrogen-bond acceptors (Lipinski definition) is 3.